The molecular weight excluding hydrogens is 268 g/mol. The predicted octanol–water partition coefficient (Wildman–Crippen LogP) is 2.04. The second kappa shape index (κ2) is 7.61. The summed E-state index contributed by atoms with van der Waals surface area (Å²) in [7, 11) is 0. The zero-order valence-corrected chi connectivity index (χ0v) is 12.7. The second-order valence-corrected chi connectivity index (χ2v) is 6.41. The van der Waals surface area contributed by atoms with Crippen LogP contribution in [0.15, 0.2) is 0 Å². The van der Waals surface area contributed by atoms with Crippen molar-refractivity contribution < 1.29 is 4.79 Å². The predicted molar refractivity (Wildman–Crippen MR) is 80.2 cm³/mol. The number of carbonyl (C=O) groups excluding carboxylic acids is 1. The zero-order valence-electron chi connectivity index (χ0n) is 11.1. The third-order valence-electron chi connectivity index (χ3n) is 4.36. The Kier molecular flexibility index (Phi) is 6.82. The molecule has 5 heteroatoms. The number of carbonyl (C=O) groups is 1. The van der Waals surface area contributed by atoms with E-state index in [1.54, 1.807) is 0 Å². The molecule has 0 spiro atoms. The van der Waals surface area contributed by atoms with Crippen LogP contribution in [0.2, 0.25) is 0 Å². The van der Waals surface area contributed by atoms with Crippen molar-refractivity contribution in [1.82, 2.24) is 5.32 Å². The SMILES string of the molecule is CSCCCCNC(=O)C1C2CCC(C2)C1N.Cl. The minimum atomic E-state index is 0. The largest absolute Gasteiger partial charge is 0.356 e. The summed E-state index contributed by atoms with van der Waals surface area (Å²) in [4.78, 5) is 12.1. The van der Waals surface area contributed by atoms with Crippen molar-refractivity contribution in [2.75, 3.05) is 18.6 Å². The maximum absolute atomic E-state index is 12.1. The highest BCUT2D eigenvalue weighted by atomic mass is 35.5. The van der Waals surface area contributed by atoms with Crippen LogP contribution in [0.1, 0.15) is 32.1 Å². The highest BCUT2D eigenvalue weighted by Gasteiger charge is 2.48. The Balaban J connectivity index is 0.00000162. The lowest BCUT2D eigenvalue weighted by atomic mass is 9.84. The molecule has 18 heavy (non-hydrogen) atoms. The van der Waals surface area contributed by atoms with E-state index >= 15 is 0 Å². The Morgan fingerprint density at radius 3 is 2.67 bits per heavy atom. The van der Waals surface area contributed by atoms with E-state index in [0.717, 1.165) is 13.0 Å². The van der Waals surface area contributed by atoms with Crippen LogP contribution in [-0.2, 0) is 4.79 Å². The monoisotopic (exact) mass is 292 g/mol. The zero-order chi connectivity index (χ0) is 12.3. The standard InChI is InChI=1S/C13H24N2OS.ClH/c1-17-7-3-2-6-15-13(16)11-9-4-5-10(8-9)12(11)14;/h9-12H,2-8,14H2,1H3,(H,15,16);1H. The first-order valence-corrected chi connectivity index (χ1v) is 8.15. The van der Waals surface area contributed by atoms with E-state index in [2.05, 4.69) is 11.6 Å². The Labute approximate surface area is 120 Å². The van der Waals surface area contributed by atoms with Crippen molar-refractivity contribution in [2.24, 2.45) is 23.5 Å². The van der Waals surface area contributed by atoms with E-state index in [1.807, 2.05) is 11.8 Å². The lowest BCUT2D eigenvalue weighted by Gasteiger charge is -2.27. The van der Waals surface area contributed by atoms with Gasteiger partial charge in [-0.05, 0) is 55.9 Å². The molecular formula is C13H25ClN2OS. The molecule has 4 unspecified atom stereocenters. The number of rotatable bonds is 6. The molecule has 0 aromatic carbocycles. The van der Waals surface area contributed by atoms with Crippen molar-refractivity contribution in [3.8, 4) is 0 Å². The van der Waals surface area contributed by atoms with Gasteiger partial charge in [-0.1, -0.05) is 0 Å². The Morgan fingerprint density at radius 2 is 2.06 bits per heavy atom. The van der Waals surface area contributed by atoms with Gasteiger partial charge in [0.05, 0.1) is 5.92 Å². The lowest BCUT2D eigenvalue weighted by molar-refractivity contribution is -0.127. The molecule has 0 heterocycles. The first-order chi connectivity index (χ1) is 8.24. The summed E-state index contributed by atoms with van der Waals surface area (Å²) < 4.78 is 0. The van der Waals surface area contributed by atoms with Gasteiger partial charge in [0.2, 0.25) is 5.91 Å². The average Bonchev–Trinajstić information content (AvgIpc) is 2.89. The second-order valence-electron chi connectivity index (χ2n) is 5.43. The molecule has 1 amide bonds. The molecule has 106 valence electrons. The molecule has 0 radical (unpaired) electrons. The number of fused-ring (bicyclic) bond motifs is 2. The van der Waals surface area contributed by atoms with Crippen LogP contribution in [0.25, 0.3) is 0 Å². The van der Waals surface area contributed by atoms with Crippen molar-refractivity contribution in [2.45, 2.75) is 38.1 Å². The van der Waals surface area contributed by atoms with E-state index in [4.69, 9.17) is 5.73 Å². The van der Waals surface area contributed by atoms with Crippen LogP contribution >= 0.6 is 24.2 Å². The minimum absolute atomic E-state index is 0. The summed E-state index contributed by atoms with van der Waals surface area (Å²) in [6.45, 7) is 0.819. The summed E-state index contributed by atoms with van der Waals surface area (Å²) in [5.74, 6) is 2.69. The highest BCUT2D eigenvalue weighted by molar-refractivity contribution is 7.98. The molecule has 3 N–H and O–H groups in total. The van der Waals surface area contributed by atoms with Crippen LogP contribution in [0.3, 0.4) is 0 Å². The molecule has 2 aliphatic rings. The van der Waals surface area contributed by atoms with Gasteiger partial charge in [0.1, 0.15) is 0 Å². The normalized spacial score (nSPS) is 33.2. The van der Waals surface area contributed by atoms with Crippen LogP contribution in [0, 0.1) is 17.8 Å². The van der Waals surface area contributed by atoms with Gasteiger partial charge in [-0.15, -0.1) is 12.4 Å². The topological polar surface area (TPSA) is 55.1 Å². The van der Waals surface area contributed by atoms with Gasteiger partial charge in [-0.2, -0.15) is 11.8 Å². The van der Waals surface area contributed by atoms with Crippen molar-refractivity contribution in [3.05, 3.63) is 0 Å². The first kappa shape index (κ1) is 16.1. The molecule has 2 saturated carbocycles. The summed E-state index contributed by atoms with van der Waals surface area (Å²) in [6.07, 6.45) is 8.03. The third kappa shape index (κ3) is 3.55. The molecule has 4 atom stereocenters. The molecule has 2 aliphatic carbocycles. The van der Waals surface area contributed by atoms with E-state index in [-0.39, 0.29) is 30.3 Å². The quantitative estimate of drug-likeness (QED) is 0.737. The Hall–Kier alpha value is 0.0700. The van der Waals surface area contributed by atoms with Crippen LogP contribution in [0.4, 0.5) is 0 Å². The van der Waals surface area contributed by atoms with Crippen LogP contribution in [-0.4, -0.2) is 30.5 Å². The van der Waals surface area contributed by atoms with Gasteiger partial charge < -0.3 is 11.1 Å². The smallest absolute Gasteiger partial charge is 0.224 e. The first-order valence-electron chi connectivity index (χ1n) is 6.76. The van der Waals surface area contributed by atoms with Gasteiger partial charge in [-0.25, -0.2) is 0 Å². The van der Waals surface area contributed by atoms with Gasteiger partial charge in [-0.3, -0.25) is 4.79 Å². The van der Waals surface area contributed by atoms with E-state index < -0.39 is 0 Å². The number of nitrogens with two attached hydrogens (primary N) is 1. The summed E-state index contributed by atoms with van der Waals surface area (Å²) in [5, 5.41) is 3.07. The van der Waals surface area contributed by atoms with Crippen LogP contribution < -0.4 is 11.1 Å². The number of hydrogen-bond acceptors (Lipinski definition) is 3. The lowest BCUT2D eigenvalue weighted by Crippen LogP contribution is -2.45. The number of nitrogens with one attached hydrogen (secondary N) is 1. The molecule has 0 aliphatic heterocycles. The number of amides is 1. The Morgan fingerprint density at radius 1 is 1.33 bits per heavy atom. The summed E-state index contributed by atoms with van der Waals surface area (Å²) in [6, 6.07) is 0.125. The van der Waals surface area contributed by atoms with Gasteiger partial charge in [0.25, 0.3) is 0 Å². The minimum Gasteiger partial charge on any atom is -0.356 e. The van der Waals surface area contributed by atoms with E-state index in [0.29, 0.717) is 11.8 Å². The summed E-state index contributed by atoms with van der Waals surface area (Å²) in [5.41, 5.74) is 6.15. The molecule has 3 nitrogen and oxygen atoms in total. The molecule has 2 fully saturated rings. The fourth-order valence-electron chi connectivity index (χ4n) is 3.43. The maximum atomic E-state index is 12.1. The summed E-state index contributed by atoms with van der Waals surface area (Å²) >= 11 is 1.86. The fourth-order valence-corrected chi connectivity index (χ4v) is 3.92. The van der Waals surface area contributed by atoms with Crippen molar-refractivity contribution >= 4 is 30.1 Å². The highest BCUT2D eigenvalue weighted by Crippen LogP contribution is 2.47. The van der Waals surface area contributed by atoms with E-state index in [9.17, 15) is 4.79 Å². The van der Waals surface area contributed by atoms with Crippen molar-refractivity contribution in [3.63, 3.8) is 0 Å². The molecule has 2 bridgehead atoms. The molecule has 2 rings (SSSR count). The van der Waals surface area contributed by atoms with Crippen molar-refractivity contribution in [1.29, 1.82) is 0 Å². The van der Waals surface area contributed by atoms with Gasteiger partial charge in [0.15, 0.2) is 0 Å². The molecule has 0 aromatic heterocycles. The molecule has 0 saturated heterocycles. The van der Waals surface area contributed by atoms with Gasteiger partial charge >= 0.3 is 0 Å². The van der Waals surface area contributed by atoms with E-state index in [1.165, 1.54) is 31.4 Å². The number of hydrogen-bond donors (Lipinski definition) is 2. The number of thioether (sulfide) groups is 1. The average molecular weight is 293 g/mol. The van der Waals surface area contributed by atoms with Gasteiger partial charge in [0, 0.05) is 12.6 Å². The number of unbranched alkanes of at least 4 members (excludes halogenated alkanes) is 1. The fraction of sp³-hybridized carbons (Fsp3) is 0.923. The number of halogens is 1. The Bertz CT molecular complexity index is 276. The maximum Gasteiger partial charge on any atom is 0.224 e. The molecule has 0 aromatic rings. The third-order valence-corrected chi connectivity index (χ3v) is 5.05. The van der Waals surface area contributed by atoms with Crippen LogP contribution in [0.5, 0.6) is 0 Å².